The number of rotatable bonds is 6. The summed E-state index contributed by atoms with van der Waals surface area (Å²) in [5, 5.41) is 8.64. The van der Waals surface area contributed by atoms with Crippen molar-refractivity contribution in [2.24, 2.45) is 0 Å². The molecular formula is C23H24N2O3. The van der Waals surface area contributed by atoms with Gasteiger partial charge in [-0.05, 0) is 54.2 Å². The molecule has 5 heteroatoms. The number of carbonyl (C=O) groups is 1. The van der Waals surface area contributed by atoms with Crippen LogP contribution in [-0.2, 0) is 11.2 Å². The quantitative estimate of drug-likeness (QED) is 0.711. The molecule has 144 valence electrons. The van der Waals surface area contributed by atoms with Crippen LogP contribution in [0, 0.1) is 11.3 Å². The summed E-state index contributed by atoms with van der Waals surface area (Å²) in [5.41, 5.74) is 3.41. The van der Waals surface area contributed by atoms with Crippen molar-refractivity contribution in [2.45, 2.75) is 25.3 Å². The first-order valence-corrected chi connectivity index (χ1v) is 9.34. The number of aryl methyl sites for hydroxylation is 1. The van der Waals surface area contributed by atoms with Crippen LogP contribution in [0.1, 0.15) is 35.6 Å². The van der Waals surface area contributed by atoms with Crippen LogP contribution in [0.5, 0.6) is 11.5 Å². The van der Waals surface area contributed by atoms with Gasteiger partial charge in [0.05, 0.1) is 13.2 Å². The molecule has 0 aliphatic heterocycles. The molecule has 2 aromatic rings. The van der Waals surface area contributed by atoms with Gasteiger partial charge in [0.15, 0.2) is 18.1 Å². The minimum Gasteiger partial charge on any atom is -0.493 e. The van der Waals surface area contributed by atoms with E-state index < -0.39 is 0 Å². The number of nitriles is 1. The van der Waals surface area contributed by atoms with Gasteiger partial charge < -0.3 is 14.4 Å². The molecule has 1 atom stereocenters. The number of carbonyl (C=O) groups excluding carboxylic acids is 1. The molecule has 0 N–H and O–H groups in total. The SMILES string of the molecule is COc1cc(/C=C/C(=O)N(C)[C@@H]2CCCc3ccccc32)ccc1OCC#N. The van der Waals surface area contributed by atoms with Crippen LogP contribution in [0.25, 0.3) is 6.08 Å². The summed E-state index contributed by atoms with van der Waals surface area (Å²) in [7, 11) is 3.40. The number of ether oxygens (including phenoxy) is 2. The number of nitrogens with zero attached hydrogens (tertiary/aromatic N) is 2. The Bertz CT molecular complexity index is 914. The van der Waals surface area contributed by atoms with Gasteiger partial charge in [-0.25, -0.2) is 0 Å². The smallest absolute Gasteiger partial charge is 0.246 e. The highest BCUT2D eigenvalue weighted by atomic mass is 16.5. The highest BCUT2D eigenvalue weighted by molar-refractivity contribution is 5.92. The first kappa shape index (κ1) is 19.5. The van der Waals surface area contributed by atoms with E-state index in [4.69, 9.17) is 14.7 Å². The fraction of sp³-hybridized carbons (Fsp3) is 0.304. The molecular weight excluding hydrogens is 352 g/mol. The van der Waals surface area contributed by atoms with Crippen LogP contribution in [0.3, 0.4) is 0 Å². The molecule has 5 nitrogen and oxygen atoms in total. The summed E-state index contributed by atoms with van der Waals surface area (Å²) in [6, 6.07) is 15.8. The van der Waals surface area contributed by atoms with E-state index in [1.807, 2.05) is 30.1 Å². The van der Waals surface area contributed by atoms with E-state index in [0.717, 1.165) is 24.8 Å². The normalized spacial score (nSPS) is 15.5. The van der Waals surface area contributed by atoms with E-state index in [2.05, 4.69) is 18.2 Å². The molecule has 0 spiro atoms. The summed E-state index contributed by atoms with van der Waals surface area (Å²) >= 11 is 0. The molecule has 0 aromatic heterocycles. The van der Waals surface area contributed by atoms with Crippen LogP contribution in [0.2, 0.25) is 0 Å². The Labute approximate surface area is 165 Å². The lowest BCUT2D eigenvalue weighted by Gasteiger charge is -2.32. The topological polar surface area (TPSA) is 62.6 Å². The van der Waals surface area contributed by atoms with Crippen LogP contribution in [0.4, 0.5) is 0 Å². The van der Waals surface area contributed by atoms with Crippen LogP contribution >= 0.6 is 0 Å². The standard InChI is InChI=1S/C23H24N2O3/c1-25(20-9-5-7-18-6-3-4-8-19(18)20)23(26)13-11-17-10-12-21(28-15-14-24)22(16-17)27-2/h3-4,6,8,10-13,16,20H,5,7,9,15H2,1-2H3/b13-11+/t20-/m1/s1. The molecule has 0 fully saturated rings. The highest BCUT2D eigenvalue weighted by Crippen LogP contribution is 2.33. The highest BCUT2D eigenvalue weighted by Gasteiger charge is 2.25. The van der Waals surface area contributed by atoms with Crippen molar-refractivity contribution in [1.82, 2.24) is 4.90 Å². The van der Waals surface area contributed by atoms with E-state index in [0.29, 0.717) is 11.5 Å². The lowest BCUT2D eigenvalue weighted by atomic mass is 9.87. The van der Waals surface area contributed by atoms with Crippen LogP contribution in [0.15, 0.2) is 48.5 Å². The molecule has 0 saturated heterocycles. The molecule has 0 heterocycles. The molecule has 1 amide bonds. The summed E-state index contributed by atoms with van der Waals surface area (Å²) < 4.78 is 10.6. The first-order chi connectivity index (χ1) is 13.6. The summed E-state index contributed by atoms with van der Waals surface area (Å²) in [6.07, 6.45) is 6.49. The Balaban J connectivity index is 1.72. The van der Waals surface area contributed by atoms with Gasteiger partial charge in [-0.3, -0.25) is 4.79 Å². The number of likely N-dealkylation sites (N-methyl/N-ethyl adjacent to an activating group) is 1. The lowest BCUT2D eigenvalue weighted by molar-refractivity contribution is -0.127. The van der Waals surface area contributed by atoms with Crippen LogP contribution in [-0.4, -0.2) is 31.6 Å². The minimum absolute atomic E-state index is 0.0366. The van der Waals surface area contributed by atoms with Crippen molar-refractivity contribution >= 4 is 12.0 Å². The van der Waals surface area contributed by atoms with E-state index in [9.17, 15) is 4.79 Å². The maximum atomic E-state index is 12.7. The Hall–Kier alpha value is -3.26. The van der Waals surface area contributed by atoms with Gasteiger partial charge in [0.2, 0.25) is 5.91 Å². The van der Waals surface area contributed by atoms with Crippen molar-refractivity contribution in [3.63, 3.8) is 0 Å². The maximum Gasteiger partial charge on any atom is 0.246 e. The molecule has 1 aliphatic rings. The van der Waals surface area contributed by atoms with Gasteiger partial charge >= 0.3 is 0 Å². The second-order valence-electron chi connectivity index (χ2n) is 6.75. The molecule has 0 saturated carbocycles. The minimum atomic E-state index is -0.0440. The average Bonchev–Trinajstić information content (AvgIpc) is 2.75. The third kappa shape index (κ3) is 4.34. The fourth-order valence-electron chi connectivity index (χ4n) is 3.59. The van der Waals surface area contributed by atoms with Crippen molar-refractivity contribution in [3.8, 4) is 17.6 Å². The Kier molecular flexibility index (Phi) is 6.33. The lowest BCUT2D eigenvalue weighted by Crippen LogP contribution is -2.32. The zero-order valence-corrected chi connectivity index (χ0v) is 16.2. The number of hydrogen-bond donors (Lipinski definition) is 0. The van der Waals surface area contributed by atoms with Gasteiger partial charge in [-0.2, -0.15) is 5.26 Å². The zero-order chi connectivity index (χ0) is 19.9. The van der Waals surface area contributed by atoms with Crippen molar-refractivity contribution < 1.29 is 14.3 Å². The second kappa shape index (κ2) is 9.09. The first-order valence-electron chi connectivity index (χ1n) is 9.34. The molecule has 0 unspecified atom stereocenters. The van der Waals surface area contributed by atoms with E-state index in [1.165, 1.54) is 11.1 Å². The second-order valence-corrected chi connectivity index (χ2v) is 6.75. The summed E-state index contributed by atoms with van der Waals surface area (Å²) in [5.74, 6) is 0.994. The number of methoxy groups -OCH3 is 1. The van der Waals surface area contributed by atoms with Gasteiger partial charge in [-0.15, -0.1) is 0 Å². The predicted molar refractivity (Wildman–Crippen MR) is 108 cm³/mol. The third-order valence-electron chi connectivity index (χ3n) is 5.05. The number of hydrogen-bond acceptors (Lipinski definition) is 4. The van der Waals surface area contributed by atoms with Gasteiger partial charge in [-0.1, -0.05) is 30.3 Å². The molecule has 0 bridgehead atoms. The van der Waals surface area contributed by atoms with Gasteiger partial charge in [0.1, 0.15) is 6.07 Å². The monoisotopic (exact) mass is 376 g/mol. The van der Waals surface area contributed by atoms with E-state index in [-0.39, 0.29) is 18.6 Å². The Morgan fingerprint density at radius 1 is 1.29 bits per heavy atom. The zero-order valence-electron chi connectivity index (χ0n) is 16.2. The molecule has 28 heavy (non-hydrogen) atoms. The van der Waals surface area contributed by atoms with Crippen molar-refractivity contribution in [2.75, 3.05) is 20.8 Å². The van der Waals surface area contributed by atoms with Crippen molar-refractivity contribution in [1.29, 1.82) is 5.26 Å². The van der Waals surface area contributed by atoms with Gasteiger partial charge in [0.25, 0.3) is 0 Å². The average molecular weight is 376 g/mol. The number of benzene rings is 2. The van der Waals surface area contributed by atoms with E-state index >= 15 is 0 Å². The maximum absolute atomic E-state index is 12.7. The summed E-state index contributed by atoms with van der Waals surface area (Å²) in [6.45, 7) is -0.0440. The molecule has 3 rings (SSSR count). The third-order valence-corrected chi connectivity index (χ3v) is 5.05. The van der Waals surface area contributed by atoms with Crippen LogP contribution < -0.4 is 9.47 Å². The number of amides is 1. The Morgan fingerprint density at radius 3 is 2.89 bits per heavy atom. The molecule has 0 radical (unpaired) electrons. The molecule has 1 aliphatic carbocycles. The fourth-order valence-corrected chi connectivity index (χ4v) is 3.59. The summed E-state index contributed by atoms with van der Waals surface area (Å²) in [4.78, 5) is 14.6. The van der Waals surface area contributed by atoms with E-state index in [1.54, 1.807) is 31.4 Å². The van der Waals surface area contributed by atoms with Gasteiger partial charge in [0, 0.05) is 13.1 Å². The Morgan fingerprint density at radius 2 is 2.11 bits per heavy atom. The number of fused-ring (bicyclic) bond motifs is 1. The van der Waals surface area contributed by atoms with Crippen molar-refractivity contribution in [3.05, 3.63) is 65.2 Å². The molecule has 2 aromatic carbocycles. The largest absolute Gasteiger partial charge is 0.493 e. The predicted octanol–water partition coefficient (Wildman–Crippen LogP) is 4.15.